The Hall–Kier alpha value is -2.53. The summed E-state index contributed by atoms with van der Waals surface area (Å²) in [7, 11) is 0. The number of primary amides is 1. The standard InChI is InChI=1S/C18H17N3OS/c1-23-17-9-5-3-7-15(17)20-10-13-11-21(12-18(19)22)16-8-4-2-6-14(13)16/h2-11H,12H2,1H3,(H2,19,22). The largest absolute Gasteiger partial charge is 0.368 e. The third-order valence-electron chi connectivity index (χ3n) is 3.57. The molecule has 3 rings (SSSR count). The molecule has 0 spiro atoms. The van der Waals surface area contributed by atoms with Crippen molar-refractivity contribution in [2.75, 3.05) is 6.26 Å². The Morgan fingerprint density at radius 1 is 1.22 bits per heavy atom. The van der Waals surface area contributed by atoms with Crippen molar-refractivity contribution in [3.8, 4) is 0 Å². The van der Waals surface area contributed by atoms with Gasteiger partial charge in [0.2, 0.25) is 5.91 Å². The van der Waals surface area contributed by atoms with Crippen LogP contribution in [0.15, 0.2) is 64.6 Å². The summed E-state index contributed by atoms with van der Waals surface area (Å²) >= 11 is 1.67. The zero-order valence-corrected chi connectivity index (χ0v) is 13.6. The molecule has 0 aliphatic carbocycles. The molecule has 0 atom stereocenters. The lowest BCUT2D eigenvalue weighted by Crippen LogP contribution is -2.17. The number of para-hydroxylation sites is 2. The molecule has 0 saturated heterocycles. The minimum absolute atomic E-state index is 0.162. The number of aliphatic imine (C=N–C) groups is 1. The van der Waals surface area contributed by atoms with Crippen molar-refractivity contribution >= 4 is 40.5 Å². The van der Waals surface area contributed by atoms with Crippen LogP contribution in [0.2, 0.25) is 0 Å². The van der Waals surface area contributed by atoms with Crippen molar-refractivity contribution in [2.45, 2.75) is 11.4 Å². The van der Waals surface area contributed by atoms with Crippen molar-refractivity contribution < 1.29 is 4.79 Å². The van der Waals surface area contributed by atoms with Gasteiger partial charge in [0.15, 0.2) is 0 Å². The number of hydrogen-bond acceptors (Lipinski definition) is 3. The van der Waals surface area contributed by atoms with E-state index >= 15 is 0 Å². The van der Waals surface area contributed by atoms with Crippen LogP contribution >= 0.6 is 11.8 Å². The van der Waals surface area contributed by atoms with Gasteiger partial charge in [0.25, 0.3) is 0 Å². The summed E-state index contributed by atoms with van der Waals surface area (Å²) in [5, 5.41) is 1.05. The molecule has 1 heterocycles. The van der Waals surface area contributed by atoms with Gasteiger partial charge in [-0.25, -0.2) is 0 Å². The Balaban J connectivity index is 2.03. The van der Waals surface area contributed by atoms with Crippen LogP contribution in [-0.2, 0) is 11.3 Å². The molecule has 0 aliphatic rings. The molecule has 0 aliphatic heterocycles. The molecule has 1 amide bonds. The average molecular weight is 323 g/mol. The summed E-state index contributed by atoms with van der Waals surface area (Å²) in [5.41, 5.74) is 8.22. The molecule has 0 saturated carbocycles. The second kappa shape index (κ2) is 6.71. The van der Waals surface area contributed by atoms with E-state index in [1.165, 1.54) is 0 Å². The summed E-state index contributed by atoms with van der Waals surface area (Å²) < 4.78 is 1.86. The number of nitrogens with two attached hydrogens (primary N) is 1. The molecule has 4 nitrogen and oxygen atoms in total. The Bertz CT molecular complexity index is 883. The molecule has 23 heavy (non-hydrogen) atoms. The van der Waals surface area contributed by atoms with Crippen LogP contribution in [0.4, 0.5) is 5.69 Å². The van der Waals surface area contributed by atoms with Gasteiger partial charge in [0.1, 0.15) is 6.54 Å². The fourth-order valence-electron chi connectivity index (χ4n) is 2.55. The van der Waals surface area contributed by atoms with Gasteiger partial charge in [-0.05, 0) is 24.5 Å². The zero-order chi connectivity index (χ0) is 16.2. The number of benzene rings is 2. The molecule has 0 fully saturated rings. The molecule has 1 aromatic heterocycles. The first-order valence-corrected chi connectivity index (χ1v) is 8.45. The average Bonchev–Trinajstić information content (AvgIpc) is 2.90. The number of amides is 1. The smallest absolute Gasteiger partial charge is 0.237 e. The Kier molecular flexibility index (Phi) is 4.48. The van der Waals surface area contributed by atoms with Crippen molar-refractivity contribution in [1.82, 2.24) is 4.57 Å². The van der Waals surface area contributed by atoms with Gasteiger partial charge in [-0.2, -0.15) is 0 Å². The molecule has 5 heteroatoms. The quantitative estimate of drug-likeness (QED) is 0.576. The SMILES string of the molecule is CSc1ccccc1N=Cc1cn(CC(N)=O)c2ccccc12. The molecule has 2 N–H and O–H groups in total. The summed E-state index contributed by atoms with van der Waals surface area (Å²) in [4.78, 5) is 17.0. The number of hydrogen-bond donors (Lipinski definition) is 1. The van der Waals surface area contributed by atoms with Crippen LogP contribution in [0.3, 0.4) is 0 Å². The number of carbonyl (C=O) groups is 1. The van der Waals surface area contributed by atoms with E-state index in [2.05, 4.69) is 4.99 Å². The molecule has 3 aromatic rings. The predicted octanol–water partition coefficient (Wildman–Crippen LogP) is 3.60. The third-order valence-corrected chi connectivity index (χ3v) is 4.36. The number of nitrogens with zero attached hydrogens (tertiary/aromatic N) is 2. The van der Waals surface area contributed by atoms with E-state index in [4.69, 9.17) is 5.73 Å². The van der Waals surface area contributed by atoms with Crippen molar-refractivity contribution in [1.29, 1.82) is 0 Å². The number of carbonyl (C=O) groups excluding carboxylic acids is 1. The molecular weight excluding hydrogens is 306 g/mol. The highest BCUT2D eigenvalue weighted by Gasteiger charge is 2.08. The number of rotatable bonds is 5. The number of aromatic nitrogens is 1. The normalized spacial score (nSPS) is 11.3. The fraction of sp³-hybridized carbons (Fsp3) is 0.111. The van der Waals surface area contributed by atoms with Crippen molar-refractivity contribution in [3.05, 3.63) is 60.3 Å². The summed E-state index contributed by atoms with van der Waals surface area (Å²) in [6, 6.07) is 15.9. The van der Waals surface area contributed by atoms with Gasteiger partial charge < -0.3 is 10.3 Å². The highest BCUT2D eigenvalue weighted by Crippen LogP contribution is 2.28. The first-order valence-electron chi connectivity index (χ1n) is 7.22. The Morgan fingerprint density at radius 3 is 2.74 bits per heavy atom. The van der Waals surface area contributed by atoms with Crippen molar-refractivity contribution in [2.24, 2.45) is 10.7 Å². The van der Waals surface area contributed by atoms with E-state index in [-0.39, 0.29) is 12.5 Å². The van der Waals surface area contributed by atoms with Gasteiger partial charge in [0, 0.05) is 33.8 Å². The van der Waals surface area contributed by atoms with Gasteiger partial charge in [-0.1, -0.05) is 30.3 Å². The topological polar surface area (TPSA) is 60.4 Å². The van der Waals surface area contributed by atoms with E-state index in [9.17, 15) is 4.79 Å². The molecule has 0 bridgehead atoms. The van der Waals surface area contributed by atoms with Crippen LogP contribution < -0.4 is 5.73 Å². The first kappa shape index (κ1) is 15.4. The van der Waals surface area contributed by atoms with E-state index in [0.29, 0.717) is 0 Å². The van der Waals surface area contributed by atoms with E-state index in [0.717, 1.165) is 27.0 Å². The van der Waals surface area contributed by atoms with Gasteiger partial charge in [-0.15, -0.1) is 11.8 Å². The molecule has 2 aromatic carbocycles. The van der Waals surface area contributed by atoms with Crippen LogP contribution in [0.25, 0.3) is 10.9 Å². The second-order valence-electron chi connectivity index (χ2n) is 5.13. The molecule has 0 radical (unpaired) electrons. The fourth-order valence-corrected chi connectivity index (χ4v) is 3.10. The molecule has 0 unspecified atom stereocenters. The zero-order valence-electron chi connectivity index (χ0n) is 12.8. The lowest BCUT2D eigenvalue weighted by molar-refractivity contribution is -0.118. The van der Waals surface area contributed by atoms with Gasteiger partial charge >= 0.3 is 0 Å². The van der Waals surface area contributed by atoms with Crippen molar-refractivity contribution in [3.63, 3.8) is 0 Å². The first-order chi connectivity index (χ1) is 11.2. The van der Waals surface area contributed by atoms with Crippen LogP contribution in [0.1, 0.15) is 5.56 Å². The van der Waals surface area contributed by atoms with Crippen LogP contribution in [0, 0.1) is 0 Å². The molecular formula is C18H17N3OS. The maximum absolute atomic E-state index is 11.2. The van der Waals surface area contributed by atoms with Gasteiger partial charge in [0.05, 0.1) is 5.69 Å². The van der Waals surface area contributed by atoms with Crippen LogP contribution in [0.5, 0.6) is 0 Å². The minimum atomic E-state index is -0.359. The third kappa shape index (κ3) is 3.29. The van der Waals surface area contributed by atoms with Gasteiger partial charge in [-0.3, -0.25) is 9.79 Å². The Labute approximate surface area is 139 Å². The number of thioether (sulfide) groups is 1. The monoisotopic (exact) mass is 323 g/mol. The summed E-state index contributed by atoms with van der Waals surface area (Å²) in [6.45, 7) is 0.162. The lowest BCUT2D eigenvalue weighted by Gasteiger charge is -2.00. The van der Waals surface area contributed by atoms with E-state index in [1.54, 1.807) is 11.8 Å². The highest BCUT2D eigenvalue weighted by atomic mass is 32.2. The lowest BCUT2D eigenvalue weighted by atomic mass is 10.2. The maximum atomic E-state index is 11.2. The summed E-state index contributed by atoms with van der Waals surface area (Å²) in [6.07, 6.45) is 5.79. The van der Waals surface area contributed by atoms with E-state index < -0.39 is 0 Å². The summed E-state index contributed by atoms with van der Waals surface area (Å²) in [5.74, 6) is -0.359. The Morgan fingerprint density at radius 2 is 1.96 bits per heavy atom. The number of fused-ring (bicyclic) bond motifs is 1. The minimum Gasteiger partial charge on any atom is -0.368 e. The van der Waals surface area contributed by atoms with E-state index in [1.807, 2.05) is 71.8 Å². The highest BCUT2D eigenvalue weighted by molar-refractivity contribution is 7.98. The molecule has 116 valence electrons. The van der Waals surface area contributed by atoms with Crippen LogP contribution in [-0.4, -0.2) is 22.9 Å². The maximum Gasteiger partial charge on any atom is 0.237 e. The second-order valence-corrected chi connectivity index (χ2v) is 5.97. The predicted molar refractivity (Wildman–Crippen MR) is 96.6 cm³/mol.